The molecule has 2 aromatic rings. The first-order valence-corrected chi connectivity index (χ1v) is 6.31. The van der Waals surface area contributed by atoms with Crippen molar-refractivity contribution in [3.8, 4) is 5.75 Å². The van der Waals surface area contributed by atoms with Crippen molar-refractivity contribution < 1.29 is 4.74 Å². The van der Waals surface area contributed by atoms with Gasteiger partial charge in [-0.2, -0.15) is 5.10 Å². The first-order valence-electron chi connectivity index (χ1n) is 5.13. The van der Waals surface area contributed by atoms with Crippen molar-refractivity contribution >= 4 is 27.5 Å². The van der Waals surface area contributed by atoms with E-state index >= 15 is 0 Å². The third-order valence-corrected chi connectivity index (χ3v) is 3.17. The molecule has 0 spiro atoms. The predicted molar refractivity (Wildman–Crippen MR) is 71.4 cm³/mol. The van der Waals surface area contributed by atoms with Crippen molar-refractivity contribution in [1.82, 2.24) is 9.78 Å². The van der Waals surface area contributed by atoms with Gasteiger partial charge < -0.3 is 4.74 Å². The maximum absolute atomic E-state index is 6.04. The SMILES string of the molecule is Cc1cc(COc2cc(Br)ccc2Cl)n(C)n1. The minimum absolute atomic E-state index is 0.452. The van der Waals surface area contributed by atoms with Gasteiger partial charge in [0.15, 0.2) is 0 Å². The first-order chi connectivity index (χ1) is 8.06. The average Bonchev–Trinajstić information content (AvgIpc) is 2.59. The van der Waals surface area contributed by atoms with Crippen LogP contribution in [0.2, 0.25) is 5.02 Å². The van der Waals surface area contributed by atoms with Gasteiger partial charge in [0, 0.05) is 11.5 Å². The molecule has 90 valence electrons. The molecule has 0 atom stereocenters. The molecule has 0 bridgehead atoms. The highest BCUT2D eigenvalue weighted by atomic mass is 79.9. The zero-order valence-electron chi connectivity index (χ0n) is 9.58. The van der Waals surface area contributed by atoms with Gasteiger partial charge in [0.25, 0.3) is 0 Å². The Morgan fingerprint density at radius 3 is 2.82 bits per heavy atom. The Balaban J connectivity index is 2.12. The number of hydrogen-bond donors (Lipinski definition) is 0. The summed E-state index contributed by atoms with van der Waals surface area (Å²) in [6, 6.07) is 7.52. The summed E-state index contributed by atoms with van der Waals surface area (Å²) in [6.45, 7) is 2.41. The van der Waals surface area contributed by atoms with E-state index in [0.717, 1.165) is 15.9 Å². The van der Waals surface area contributed by atoms with Crippen LogP contribution in [0, 0.1) is 6.92 Å². The van der Waals surface area contributed by atoms with Crippen molar-refractivity contribution in [3.63, 3.8) is 0 Å². The fourth-order valence-electron chi connectivity index (χ4n) is 1.54. The Kier molecular flexibility index (Phi) is 3.74. The van der Waals surface area contributed by atoms with Gasteiger partial charge in [-0.25, -0.2) is 0 Å². The molecule has 0 radical (unpaired) electrons. The second kappa shape index (κ2) is 5.10. The number of aryl methyl sites for hydroxylation is 2. The zero-order chi connectivity index (χ0) is 12.4. The number of hydrogen-bond acceptors (Lipinski definition) is 2. The summed E-state index contributed by atoms with van der Waals surface area (Å²) in [4.78, 5) is 0. The van der Waals surface area contributed by atoms with Gasteiger partial charge in [0.05, 0.1) is 16.4 Å². The standard InChI is InChI=1S/C12H12BrClN2O/c1-8-5-10(16(2)15-8)7-17-12-6-9(13)3-4-11(12)14/h3-6H,7H2,1-2H3. The summed E-state index contributed by atoms with van der Waals surface area (Å²) < 4.78 is 8.42. The van der Waals surface area contributed by atoms with E-state index in [1.54, 1.807) is 10.7 Å². The van der Waals surface area contributed by atoms with E-state index < -0.39 is 0 Å². The third kappa shape index (κ3) is 3.01. The van der Waals surface area contributed by atoms with Crippen molar-refractivity contribution in [3.05, 3.63) is 45.1 Å². The van der Waals surface area contributed by atoms with Crippen molar-refractivity contribution in [1.29, 1.82) is 0 Å². The molecule has 1 heterocycles. The molecule has 5 heteroatoms. The quantitative estimate of drug-likeness (QED) is 0.863. The maximum Gasteiger partial charge on any atom is 0.139 e. The van der Waals surface area contributed by atoms with Gasteiger partial charge in [-0.15, -0.1) is 0 Å². The van der Waals surface area contributed by atoms with Gasteiger partial charge in [-0.1, -0.05) is 27.5 Å². The van der Waals surface area contributed by atoms with Gasteiger partial charge >= 0.3 is 0 Å². The molecule has 0 N–H and O–H groups in total. The van der Waals surface area contributed by atoms with Crippen molar-refractivity contribution in [2.45, 2.75) is 13.5 Å². The second-order valence-corrected chi connectivity index (χ2v) is 5.09. The third-order valence-electron chi connectivity index (χ3n) is 2.37. The summed E-state index contributed by atoms with van der Waals surface area (Å²) in [7, 11) is 1.90. The van der Waals surface area contributed by atoms with Crippen LogP contribution in [-0.2, 0) is 13.7 Å². The molecule has 0 aliphatic heterocycles. The van der Waals surface area contributed by atoms with Crippen LogP contribution in [0.4, 0.5) is 0 Å². The summed E-state index contributed by atoms with van der Waals surface area (Å²) in [5.41, 5.74) is 1.99. The molecule has 2 rings (SSSR count). The Bertz CT molecular complexity index is 539. The molecule has 0 fully saturated rings. The van der Waals surface area contributed by atoms with Gasteiger partial charge in [-0.3, -0.25) is 4.68 Å². The van der Waals surface area contributed by atoms with E-state index in [1.807, 2.05) is 32.2 Å². The molecule has 0 saturated heterocycles. The highest BCUT2D eigenvalue weighted by Gasteiger charge is 2.06. The lowest BCUT2D eigenvalue weighted by atomic mass is 10.3. The Morgan fingerprint density at radius 1 is 1.41 bits per heavy atom. The van der Waals surface area contributed by atoms with E-state index in [9.17, 15) is 0 Å². The summed E-state index contributed by atoms with van der Waals surface area (Å²) in [6.07, 6.45) is 0. The van der Waals surface area contributed by atoms with Crippen LogP contribution in [-0.4, -0.2) is 9.78 Å². The normalized spacial score (nSPS) is 10.6. The van der Waals surface area contributed by atoms with E-state index in [4.69, 9.17) is 16.3 Å². The minimum atomic E-state index is 0.452. The summed E-state index contributed by atoms with van der Waals surface area (Å²) in [5, 5.41) is 4.86. The van der Waals surface area contributed by atoms with Crippen LogP contribution < -0.4 is 4.74 Å². The molecule has 1 aromatic heterocycles. The van der Waals surface area contributed by atoms with Crippen LogP contribution in [0.25, 0.3) is 0 Å². The highest BCUT2D eigenvalue weighted by Crippen LogP contribution is 2.28. The highest BCUT2D eigenvalue weighted by molar-refractivity contribution is 9.10. The van der Waals surface area contributed by atoms with E-state index in [0.29, 0.717) is 17.4 Å². The van der Waals surface area contributed by atoms with Crippen LogP contribution in [0.1, 0.15) is 11.4 Å². The molecule has 0 aliphatic carbocycles. The number of halogens is 2. The largest absolute Gasteiger partial charge is 0.486 e. The van der Waals surface area contributed by atoms with Gasteiger partial charge in [-0.05, 0) is 31.2 Å². The van der Waals surface area contributed by atoms with E-state index in [1.165, 1.54) is 0 Å². The topological polar surface area (TPSA) is 27.1 Å². The molecule has 1 aromatic carbocycles. The Hall–Kier alpha value is -1.00. The molecule has 0 saturated carbocycles. The number of rotatable bonds is 3. The molecular formula is C12H12BrClN2O. The van der Waals surface area contributed by atoms with Crippen LogP contribution in [0.5, 0.6) is 5.75 Å². The average molecular weight is 316 g/mol. The molecular weight excluding hydrogens is 304 g/mol. The fraction of sp³-hybridized carbons (Fsp3) is 0.250. The van der Waals surface area contributed by atoms with Crippen molar-refractivity contribution in [2.24, 2.45) is 7.05 Å². The lowest BCUT2D eigenvalue weighted by molar-refractivity contribution is 0.295. The smallest absolute Gasteiger partial charge is 0.139 e. The number of nitrogens with zero attached hydrogens (tertiary/aromatic N) is 2. The van der Waals surface area contributed by atoms with Crippen LogP contribution >= 0.6 is 27.5 Å². The van der Waals surface area contributed by atoms with Gasteiger partial charge in [0.1, 0.15) is 12.4 Å². The molecule has 0 aliphatic rings. The minimum Gasteiger partial charge on any atom is -0.486 e. The van der Waals surface area contributed by atoms with Crippen LogP contribution in [0.3, 0.4) is 0 Å². The van der Waals surface area contributed by atoms with Crippen LogP contribution in [0.15, 0.2) is 28.7 Å². The predicted octanol–water partition coefficient (Wildman–Crippen LogP) is 3.72. The zero-order valence-corrected chi connectivity index (χ0v) is 11.9. The molecule has 3 nitrogen and oxygen atoms in total. The Morgan fingerprint density at radius 2 is 2.18 bits per heavy atom. The number of benzene rings is 1. The molecule has 0 unspecified atom stereocenters. The lowest BCUT2D eigenvalue weighted by Crippen LogP contribution is -2.03. The summed E-state index contributed by atoms with van der Waals surface area (Å²) >= 11 is 9.42. The van der Waals surface area contributed by atoms with E-state index in [-0.39, 0.29) is 0 Å². The van der Waals surface area contributed by atoms with Crippen molar-refractivity contribution in [2.75, 3.05) is 0 Å². The lowest BCUT2D eigenvalue weighted by Gasteiger charge is -2.08. The number of ether oxygens (including phenoxy) is 1. The fourth-order valence-corrected chi connectivity index (χ4v) is 2.05. The second-order valence-electron chi connectivity index (χ2n) is 3.76. The maximum atomic E-state index is 6.04. The number of aromatic nitrogens is 2. The summed E-state index contributed by atoms with van der Waals surface area (Å²) in [5.74, 6) is 0.667. The molecule has 17 heavy (non-hydrogen) atoms. The monoisotopic (exact) mass is 314 g/mol. The molecule has 0 amide bonds. The Labute approximate surface area is 113 Å². The van der Waals surface area contributed by atoms with Gasteiger partial charge in [0.2, 0.25) is 0 Å². The van der Waals surface area contributed by atoms with E-state index in [2.05, 4.69) is 21.0 Å². The first kappa shape index (κ1) is 12.5.